The third-order valence-corrected chi connectivity index (χ3v) is 5.31. The van der Waals surface area contributed by atoms with Gasteiger partial charge in [0.15, 0.2) is 0 Å². The SMILES string of the molecule is Cc1cc(Nc2cccc(C(=O)Nc3cc(Nc4ccccc4)ccn3)c2)c2ccccc2n1. The maximum absolute atomic E-state index is 12.9. The minimum atomic E-state index is -0.233. The van der Waals surface area contributed by atoms with Crippen LogP contribution in [0.2, 0.25) is 0 Å². The summed E-state index contributed by atoms with van der Waals surface area (Å²) in [6, 6.07) is 30.9. The summed E-state index contributed by atoms with van der Waals surface area (Å²) in [4.78, 5) is 21.8. The Hall–Kier alpha value is -4.71. The number of fused-ring (bicyclic) bond motifs is 1. The molecule has 0 bridgehead atoms. The van der Waals surface area contributed by atoms with Gasteiger partial charge in [-0.25, -0.2) is 4.98 Å². The molecule has 5 aromatic rings. The van der Waals surface area contributed by atoms with E-state index in [0.717, 1.165) is 39.3 Å². The van der Waals surface area contributed by atoms with Crippen molar-refractivity contribution >= 4 is 45.4 Å². The Kier molecular flexibility index (Phi) is 5.86. The zero-order valence-electron chi connectivity index (χ0n) is 18.6. The molecule has 1 amide bonds. The maximum atomic E-state index is 12.9. The first kappa shape index (κ1) is 21.2. The number of pyridine rings is 2. The van der Waals surface area contributed by atoms with Crippen LogP contribution in [0.3, 0.4) is 0 Å². The molecule has 166 valence electrons. The van der Waals surface area contributed by atoms with E-state index in [2.05, 4.69) is 25.9 Å². The van der Waals surface area contributed by atoms with Gasteiger partial charge in [-0.15, -0.1) is 0 Å². The highest BCUT2D eigenvalue weighted by Crippen LogP contribution is 2.27. The maximum Gasteiger partial charge on any atom is 0.256 e. The number of nitrogens with one attached hydrogen (secondary N) is 3. The van der Waals surface area contributed by atoms with E-state index < -0.39 is 0 Å². The Labute approximate surface area is 197 Å². The normalized spacial score (nSPS) is 10.6. The molecule has 0 aliphatic heterocycles. The van der Waals surface area contributed by atoms with Gasteiger partial charge in [0, 0.05) is 51.7 Å². The Bertz CT molecular complexity index is 1470. The lowest BCUT2D eigenvalue weighted by Crippen LogP contribution is -2.13. The van der Waals surface area contributed by atoms with Crippen LogP contribution in [0, 0.1) is 6.92 Å². The summed E-state index contributed by atoms with van der Waals surface area (Å²) in [5, 5.41) is 10.7. The van der Waals surface area contributed by atoms with Gasteiger partial charge in [0.2, 0.25) is 0 Å². The van der Waals surface area contributed by atoms with Gasteiger partial charge in [-0.3, -0.25) is 9.78 Å². The highest BCUT2D eigenvalue weighted by atomic mass is 16.1. The van der Waals surface area contributed by atoms with Crippen molar-refractivity contribution in [2.24, 2.45) is 0 Å². The number of rotatable bonds is 6. The molecule has 3 N–H and O–H groups in total. The number of hydrogen-bond donors (Lipinski definition) is 3. The number of aryl methyl sites for hydroxylation is 1. The molecule has 0 atom stereocenters. The number of aromatic nitrogens is 2. The highest BCUT2D eigenvalue weighted by molar-refractivity contribution is 6.04. The lowest BCUT2D eigenvalue weighted by molar-refractivity contribution is 0.102. The molecule has 2 heterocycles. The third kappa shape index (κ3) is 4.86. The molecular weight excluding hydrogens is 422 g/mol. The molecule has 5 rings (SSSR count). The fourth-order valence-corrected chi connectivity index (χ4v) is 3.76. The van der Waals surface area contributed by atoms with Crippen molar-refractivity contribution in [3.05, 3.63) is 115 Å². The lowest BCUT2D eigenvalue weighted by atomic mass is 10.1. The van der Waals surface area contributed by atoms with Gasteiger partial charge in [-0.1, -0.05) is 42.5 Å². The molecule has 0 saturated carbocycles. The largest absolute Gasteiger partial charge is 0.355 e. The number of carbonyl (C=O) groups excluding carboxylic acids is 1. The van der Waals surface area contributed by atoms with Crippen LogP contribution >= 0.6 is 0 Å². The Morgan fingerprint density at radius 2 is 1.50 bits per heavy atom. The van der Waals surface area contributed by atoms with E-state index in [1.165, 1.54) is 0 Å². The summed E-state index contributed by atoms with van der Waals surface area (Å²) in [7, 11) is 0. The summed E-state index contributed by atoms with van der Waals surface area (Å²) >= 11 is 0. The van der Waals surface area contributed by atoms with Crippen LogP contribution in [0.5, 0.6) is 0 Å². The van der Waals surface area contributed by atoms with E-state index in [1.54, 1.807) is 18.3 Å². The number of benzene rings is 3. The van der Waals surface area contributed by atoms with Crippen molar-refractivity contribution < 1.29 is 4.79 Å². The first-order chi connectivity index (χ1) is 16.6. The predicted molar refractivity (Wildman–Crippen MR) is 138 cm³/mol. The van der Waals surface area contributed by atoms with Crippen LogP contribution in [0.15, 0.2) is 103 Å². The zero-order valence-corrected chi connectivity index (χ0v) is 18.6. The molecule has 0 fully saturated rings. The van der Waals surface area contributed by atoms with Crippen molar-refractivity contribution in [1.29, 1.82) is 0 Å². The Morgan fingerprint density at radius 3 is 2.38 bits per heavy atom. The van der Waals surface area contributed by atoms with Gasteiger partial charge >= 0.3 is 0 Å². The van der Waals surface area contributed by atoms with E-state index >= 15 is 0 Å². The second-order valence-corrected chi connectivity index (χ2v) is 7.91. The van der Waals surface area contributed by atoms with Gasteiger partial charge in [0.25, 0.3) is 5.91 Å². The van der Waals surface area contributed by atoms with E-state index in [1.807, 2.05) is 91.9 Å². The van der Waals surface area contributed by atoms with E-state index in [0.29, 0.717) is 11.4 Å². The van der Waals surface area contributed by atoms with Crippen LogP contribution in [-0.4, -0.2) is 15.9 Å². The van der Waals surface area contributed by atoms with Crippen LogP contribution in [0.1, 0.15) is 16.1 Å². The van der Waals surface area contributed by atoms with Gasteiger partial charge in [0.1, 0.15) is 5.82 Å². The van der Waals surface area contributed by atoms with Gasteiger partial charge in [-0.05, 0) is 55.5 Å². The number of carbonyl (C=O) groups is 1. The zero-order chi connectivity index (χ0) is 23.3. The summed E-state index contributed by atoms with van der Waals surface area (Å²) in [6.07, 6.45) is 1.66. The second kappa shape index (κ2) is 9.42. The molecule has 6 nitrogen and oxygen atoms in total. The van der Waals surface area contributed by atoms with Crippen LogP contribution < -0.4 is 16.0 Å². The standard InChI is InChI=1S/C28H23N5O/c1-19-16-26(24-12-5-6-13-25(24)30-19)32-22-11-7-8-20(17-22)28(34)33-27-18-23(14-15-29-27)31-21-9-3-2-4-10-21/h2-18H,1H3,(H,30,32)(H2,29,31,33,34). The molecule has 0 aliphatic rings. The van der Waals surface area contributed by atoms with E-state index in [-0.39, 0.29) is 5.91 Å². The fourth-order valence-electron chi connectivity index (χ4n) is 3.76. The van der Waals surface area contributed by atoms with Crippen molar-refractivity contribution in [1.82, 2.24) is 9.97 Å². The minimum absolute atomic E-state index is 0.233. The van der Waals surface area contributed by atoms with E-state index in [9.17, 15) is 4.79 Å². The molecular formula is C28H23N5O. The summed E-state index contributed by atoms with van der Waals surface area (Å²) < 4.78 is 0. The van der Waals surface area contributed by atoms with Gasteiger partial charge < -0.3 is 16.0 Å². The van der Waals surface area contributed by atoms with Crippen molar-refractivity contribution in [3.8, 4) is 0 Å². The number of anilines is 5. The predicted octanol–water partition coefficient (Wildman–Crippen LogP) is 6.68. The number of nitrogens with zero attached hydrogens (tertiary/aromatic N) is 2. The summed E-state index contributed by atoms with van der Waals surface area (Å²) in [5.41, 5.74) is 5.94. The fraction of sp³-hybridized carbons (Fsp3) is 0.0357. The lowest BCUT2D eigenvalue weighted by Gasteiger charge is -2.12. The van der Waals surface area contributed by atoms with Crippen LogP contribution in [-0.2, 0) is 0 Å². The van der Waals surface area contributed by atoms with Gasteiger partial charge in [-0.2, -0.15) is 0 Å². The van der Waals surface area contributed by atoms with E-state index in [4.69, 9.17) is 0 Å². The average Bonchev–Trinajstić information content (AvgIpc) is 2.85. The Morgan fingerprint density at radius 1 is 0.735 bits per heavy atom. The smallest absolute Gasteiger partial charge is 0.256 e. The summed E-state index contributed by atoms with van der Waals surface area (Å²) in [5.74, 6) is 0.240. The first-order valence-corrected chi connectivity index (χ1v) is 11.0. The number of hydrogen-bond acceptors (Lipinski definition) is 5. The molecule has 0 spiro atoms. The second-order valence-electron chi connectivity index (χ2n) is 7.91. The molecule has 6 heteroatoms. The highest BCUT2D eigenvalue weighted by Gasteiger charge is 2.10. The molecule has 3 aromatic carbocycles. The first-order valence-electron chi connectivity index (χ1n) is 11.0. The molecule has 0 unspecified atom stereocenters. The third-order valence-electron chi connectivity index (χ3n) is 5.31. The summed E-state index contributed by atoms with van der Waals surface area (Å²) in [6.45, 7) is 1.97. The Balaban J connectivity index is 1.33. The van der Waals surface area contributed by atoms with Crippen LogP contribution in [0.4, 0.5) is 28.6 Å². The molecule has 0 saturated heterocycles. The van der Waals surface area contributed by atoms with Gasteiger partial charge in [0.05, 0.1) is 5.52 Å². The topological polar surface area (TPSA) is 78.9 Å². The molecule has 34 heavy (non-hydrogen) atoms. The molecule has 0 aliphatic carbocycles. The number of para-hydroxylation sites is 2. The van der Waals surface area contributed by atoms with Crippen LogP contribution in [0.25, 0.3) is 10.9 Å². The average molecular weight is 446 g/mol. The monoisotopic (exact) mass is 445 g/mol. The quantitative estimate of drug-likeness (QED) is 0.272. The van der Waals surface area contributed by atoms with Crippen molar-refractivity contribution in [2.45, 2.75) is 6.92 Å². The van der Waals surface area contributed by atoms with Crippen molar-refractivity contribution in [3.63, 3.8) is 0 Å². The molecule has 0 radical (unpaired) electrons. The minimum Gasteiger partial charge on any atom is -0.355 e. The molecule has 2 aromatic heterocycles. The van der Waals surface area contributed by atoms with Crippen molar-refractivity contribution in [2.75, 3.05) is 16.0 Å². The number of amides is 1.